The molecule has 1 fully saturated rings. The van der Waals surface area contributed by atoms with Gasteiger partial charge in [-0.1, -0.05) is 5.16 Å². The first kappa shape index (κ1) is 9.98. The average molecular weight is 185 g/mol. The molecule has 1 saturated heterocycles. The predicted octanol–water partition coefficient (Wildman–Crippen LogP) is -0.0902. The van der Waals surface area contributed by atoms with Gasteiger partial charge < -0.3 is 15.8 Å². The predicted molar refractivity (Wildman–Crippen MR) is 48.6 cm³/mol. The molecule has 1 amide bonds. The Morgan fingerprint density at radius 3 is 2.62 bits per heavy atom. The molecule has 5 heteroatoms. The number of oxime groups is 1. The van der Waals surface area contributed by atoms with Crippen molar-refractivity contribution in [3.05, 3.63) is 0 Å². The SMILES string of the molecule is CC(=O)NC(=NO)C1CCNCC1. The van der Waals surface area contributed by atoms with E-state index < -0.39 is 0 Å². The first-order valence-corrected chi connectivity index (χ1v) is 4.44. The largest absolute Gasteiger partial charge is 0.409 e. The third-order valence-electron chi connectivity index (χ3n) is 2.14. The van der Waals surface area contributed by atoms with Crippen molar-refractivity contribution in [2.24, 2.45) is 11.1 Å². The average Bonchev–Trinajstić information content (AvgIpc) is 2.15. The van der Waals surface area contributed by atoms with Crippen LogP contribution in [0.2, 0.25) is 0 Å². The number of piperidine rings is 1. The monoisotopic (exact) mass is 185 g/mol. The highest BCUT2D eigenvalue weighted by atomic mass is 16.4. The standard InChI is InChI=1S/C8H15N3O2/c1-6(12)10-8(11-13)7-2-4-9-5-3-7/h7,9,13H,2-5H2,1H3,(H,10,11,12). The minimum Gasteiger partial charge on any atom is -0.409 e. The zero-order valence-electron chi connectivity index (χ0n) is 7.71. The van der Waals surface area contributed by atoms with Crippen molar-refractivity contribution in [2.45, 2.75) is 19.8 Å². The van der Waals surface area contributed by atoms with E-state index in [1.807, 2.05) is 0 Å². The second-order valence-corrected chi connectivity index (χ2v) is 3.19. The van der Waals surface area contributed by atoms with E-state index in [1.165, 1.54) is 6.92 Å². The van der Waals surface area contributed by atoms with Crippen molar-refractivity contribution in [1.82, 2.24) is 10.6 Å². The van der Waals surface area contributed by atoms with E-state index in [2.05, 4.69) is 15.8 Å². The summed E-state index contributed by atoms with van der Waals surface area (Å²) in [5.41, 5.74) is 0. The third kappa shape index (κ3) is 3.02. The van der Waals surface area contributed by atoms with E-state index >= 15 is 0 Å². The lowest BCUT2D eigenvalue weighted by molar-refractivity contribution is -0.117. The molecule has 0 aromatic carbocycles. The molecule has 13 heavy (non-hydrogen) atoms. The van der Waals surface area contributed by atoms with Crippen LogP contribution >= 0.6 is 0 Å². The van der Waals surface area contributed by atoms with Crippen LogP contribution in [0.15, 0.2) is 5.16 Å². The van der Waals surface area contributed by atoms with E-state index in [-0.39, 0.29) is 11.8 Å². The molecule has 0 aromatic rings. The molecule has 1 rings (SSSR count). The quantitative estimate of drug-likeness (QED) is 0.231. The summed E-state index contributed by atoms with van der Waals surface area (Å²) in [7, 11) is 0. The van der Waals surface area contributed by atoms with E-state index in [9.17, 15) is 4.79 Å². The minimum atomic E-state index is -0.189. The number of amidine groups is 1. The third-order valence-corrected chi connectivity index (χ3v) is 2.14. The molecule has 74 valence electrons. The molecule has 3 N–H and O–H groups in total. The molecule has 0 saturated carbocycles. The highest BCUT2D eigenvalue weighted by Crippen LogP contribution is 2.12. The molecule has 5 nitrogen and oxygen atoms in total. The smallest absolute Gasteiger partial charge is 0.222 e. The summed E-state index contributed by atoms with van der Waals surface area (Å²) in [5.74, 6) is 0.385. The van der Waals surface area contributed by atoms with Crippen molar-refractivity contribution < 1.29 is 10.0 Å². The Morgan fingerprint density at radius 2 is 2.15 bits per heavy atom. The van der Waals surface area contributed by atoms with Gasteiger partial charge in [0, 0.05) is 12.8 Å². The second kappa shape index (κ2) is 4.81. The minimum absolute atomic E-state index is 0.176. The molecule has 0 radical (unpaired) electrons. The number of carbonyl (C=O) groups excluding carboxylic acids is 1. The lowest BCUT2D eigenvalue weighted by Gasteiger charge is -2.22. The Kier molecular flexibility index (Phi) is 3.70. The van der Waals surface area contributed by atoms with Gasteiger partial charge in [-0.15, -0.1) is 0 Å². The second-order valence-electron chi connectivity index (χ2n) is 3.19. The van der Waals surface area contributed by atoms with Gasteiger partial charge in [0.2, 0.25) is 5.91 Å². The first-order chi connectivity index (χ1) is 6.24. The van der Waals surface area contributed by atoms with Crippen LogP contribution in [0.3, 0.4) is 0 Å². The fourth-order valence-corrected chi connectivity index (χ4v) is 1.48. The molecule has 0 unspecified atom stereocenters. The van der Waals surface area contributed by atoms with Gasteiger partial charge in [-0.3, -0.25) is 4.79 Å². The maximum atomic E-state index is 10.7. The number of carbonyl (C=O) groups is 1. The van der Waals surface area contributed by atoms with Gasteiger partial charge in [-0.25, -0.2) is 0 Å². The molecular weight excluding hydrogens is 170 g/mol. The number of nitrogens with zero attached hydrogens (tertiary/aromatic N) is 1. The van der Waals surface area contributed by atoms with Crippen LogP contribution in [0.4, 0.5) is 0 Å². The molecule has 0 spiro atoms. The molecule has 1 aliphatic heterocycles. The van der Waals surface area contributed by atoms with Gasteiger partial charge in [0.15, 0.2) is 5.84 Å². The highest BCUT2D eigenvalue weighted by molar-refractivity contribution is 5.98. The molecule has 0 atom stereocenters. The lowest BCUT2D eigenvalue weighted by atomic mass is 9.97. The maximum absolute atomic E-state index is 10.7. The summed E-state index contributed by atoms with van der Waals surface area (Å²) in [6, 6.07) is 0. The Bertz CT molecular complexity index is 209. The number of rotatable bonds is 1. The van der Waals surface area contributed by atoms with Crippen LogP contribution in [0.5, 0.6) is 0 Å². The summed E-state index contributed by atoms with van der Waals surface area (Å²) < 4.78 is 0. The molecule has 0 aliphatic carbocycles. The van der Waals surface area contributed by atoms with Crippen molar-refractivity contribution in [3.8, 4) is 0 Å². The van der Waals surface area contributed by atoms with Crippen molar-refractivity contribution >= 4 is 11.7 Å². The van der Waals surface area contributed by atoms with Crippen molar-refractivity contribution in [1.29, 1.82) is 0 Å². The van der Waals surface area contributed by atoms with Crippen LogP contribution in [-0.4, -0.2) is 30.0 Å². The highest BCUT2D eigenvalue weighted by Gasteiger charge is 2.20. The van der Waals surface area contributed by atoms with E-state index in [0.717, 1.165) is 25.9 Å². The van der Waals surface area contributed by atoms with Gasteiger partial charge in [0.1, 0.15) is 0 Å². The van der Waals surface area contributed by atoms with Gasteiger partial charge in [0.25, 0.3) is 0 Å². The van der Waals surface area contributed by atoms with E-state index in [0.29, 0.717) is 5.84 Å². The summed E-state index contributed by atoms with van der Waals surface area (Å²) in [6.45, 7) is 3.22. The zero-order chi connectivity index (χ0) is 9.68. The summed E-state index contributed by atoms with van der Waals surface area (Å²) in [5, 5.41) is 17.5. The Morgan fingerprint density at radius 1 is 1.54 bits per heavy atom. The van der Waals surface area contributed by atoms with Crippen molar-refractivity contribution in [3.63, 3.8) is 0 Å². The van der Waals surface area contributed by atoms with Gasteiger partial charge in [-0.05, 0) is 25.9 Å². The summed E-state index contributed by atoms with van der Waals surface area (Å²) >= 11 is 0. The number of nitrogens with one attached hydrogen (secondary N) is 2. The van der Waals surface area contributed by atoms with Crippen molar-refractivity contribution in [2.75, 3.05) is 13.1 Å². The zero-order valence-corrected chi connectivity index (χ0v) is 7.71. The maximum Gasteiger partial charge on any atom is 0.222 e. The van der Waals surface area contributed by atoms with Gasteiger partial charge in [-0.2, -0.15) is 0 Å². The van der Waals surface area contributed by atoms with Crippen LogP contribution in [0, 0.1) is 5.92 Å². The molecule has 0 bridgehead atoms. The Labute approximate surface area is 77.2 Å². The van der Waals surface area contributed by atoms with Crippen LogP contribution in [-0.2, 0) is 4.79 Å². The number of hydrogen-bond acceptors (Lipinski definition) is 4. The van der Waals surface area contributed by atoms with Gasteiger partial charge >= 0.3 is 0 Å². The van der Waals surface area contributed by atoms with E-state index in [1.54, 1.807) is 0 Å². The Balaban J connectivity index is 2.50. The molecular formula is C8H15N3O2. The van der Waals surface area contributed by atoms with Crippen LogP contribution in [0.25, 0.3) is 0 Å². The molecule has 1 aliphatic rings. The van der Waals surface area contributed by atoms with Crippen LogP contribution in [0.1, 0.15) is 19.8 Å². The fourth-order valence-electron chi connectivity index (χ4n) is 1.48. The fraction of sp³-hybridized carbons (Fsp3) is 0.750. The summed E-state index contributed by atoms with van der Waals surface area (Å²) in [4.78, 5) is 10.7. The van der Waals surface area contributed by atoms with Gasteiger partial charge in [0.05, 0.1) is 0 Å². The summed E-state index contributed by atoms with van der Waals surface area (Å²) in [6.07, 6.45) is 1.80. The molecule has 1 heterocycles. The lowest BCUT2D eigenvalue weighted by Crippen LogP contribution is -2.40. The first-order valence-electron chi connectivity index (χ1n) is 4.44. The topological polar surface area (TPSA) is 73.7 Å². The van der Waals surface area contributed by atoms with Crippen LogP contribution < -0.4 is 10.6 Å². The molecule has 0 aromatic heterocycles. The normalized spacial score (nSPS) is 19.9. The number of amides is 1. The van der Waals surface area contributed by atoms with E-state index in [4.69, 9.17) is 5.21 Å². The number of hydrogen-bond donors (Lipinski definition) is 3. The Hall–Kier alpha value is -1.10.